The zero-order valence-corrected chi connectivity index (χ0v) is 12.1. The van der Waals surface area contributed by atoms with Crippen molar-refractivity contribution in [3.63, 3.8) is 0 Å². The van der Waals surface area contributed by atoms with Gasteiger partial charge in [0, 0.05) is 18.2 Å². The smallest absolute Gasteiger partial charge is 0.311 e. The second kappa shape index (κ2) is 6.64. The molecule has 108 valence electrons. The highest BCUT2D eigenvalue weighted by Crippen LogP contribution is 2.35. The lowest BCUT2D eigenvalue weighted by Gasteiger charge is -2.28. The molecule has 2 fully saturated rings. The van der Waals surface area contributed by atoms with Crippen LogP contribution in [0.5, 0.6) is 0 Å². The Morgan fingerprint density at radius 3 is 2.42 bits per heavy atom. The van der Waals surface area contributed by atoms with Crippen molar-refractivity contribution in [2.24, 2.45) is 11.3 Å². The van der Waals surface area contributed by atoms with Crippen molar-refractivity contribution < 1.29 is 14.7 Å². The third kappa shape index (κ3) is 3.65. The summed E-state index contributed by atoms with van der Waals surface area (Å²) in [7, 11) is 0. The van der Waals surface area contributed by atoms with E-state index >= 15 is 0 Å². The minimum Gasteiger partial charge on any atom is -0.481 e. The maximum Gasteiger partial charge on any atom is 0.311 e. The quantitative estimate of drug-likeness (QED) is 0.778. The number of carbonyl (C=O) groups is 2. The monoisotopic (exact) mass is 285 g/mol. The van der Waals surface area contributed by atoms with Gasteiger partial charge in [-0.2, -0.15) is 11.8 Å². The normalized spacial score (nSPS) is 26.6. The number of thioether (sulfide) groups is 1. The molecule has 1 saturated carbocycles. The van der Waals surface area contributed by atoms with Crippen molar-refractivity contribution in [1.82, 2.24) is 5.32 Å². The van der Waals surface area contributed by atoms with Crippen molar-refractivity contribution in [2.45, 2.75) is 44.9 Å². The Balaban J connectivity index is 1.92. The van der Waals surface area contributed by atoms with E-state index in [1.165, 1.54) is 0 Å². The van der Waals surface area contributed by atoms with Crippen molar-refractivity contribution in [2.75, 3.05) is 18.1 Å². The third-order valence-corrected chi connectivity index (χ3v) is 5.58. The van der Waals surface area contributed by atoms with Gasteiger partial charge in [-0.05, 0) is 25.0 Å². The van der Waals surface area contributed by atoms with Gasteiger partial charge in [0.15, 0.2) is 0 Å². The first kappa shape index (κ1) is 14.7. The maximum absolute atomic E-state index is 12.0. The molecule has 0 radical (unpaired) electrons. The van der Waals surface area contributed by atoms with E-state index in [4.69, 9.17) is 0 Å². The van der Waals surface area contributed by atoms with Gasteiger partial charge >= 0.3 is 5.97 Å². The molecular formula is C14H23NO3S. The second-order valence-electron chi connectivity index (χ2n) is 5.78. The molecule has 1 aliphatic carbocycles. The van der Waals surface area contributed by atoms with E-state index in [9.17, 15) is 14.7 Å². The zero-order valence-electron chi connectivity index (χ0n) is 11.3. The Kier molecular flexibility index (Phi) is 5.13. The third-order valence-electron chi connectivity index (χ3n) is 4.42. The summed E-state index contributed by atoms with van der Waals surface area (Å²) in [6.45, 7) is 0.308. The number of hydrogen-bond donors (Lipinski definition) is 2. The summed E-state index contributed by atoms with van der Waals surface area (Å²) >= 11 is 1.80. The van der Waals surface area contributed by atoms with Crippen molar-refractivity contribution in [3.05, 3.63) is 0 Å². The summed E-state index contributed by atoms with van der Waals surface area (Å²) in [6, 6.07) is 0. The summed E-state index contributed by atoms with van der Waals surface area (Å²) in [5, 5.41) is 12.4. The molecule has 0 aromatic rings. The Labute approximate surface area is 118 Å². The lowest BCUT2D eigenvalue weighted by molar-refractivity contribution is -0.150. The highest BCUT2D eigenvalue weighted by molar-refractivity contribution is 7.99. The molecule has 0 bridgehead atoms. The molecule has 5 heteroatoms. The standard InChI is InChI=1S/C14H23NO3S/c16-12(11-5-8-19-9-11)15-10-14(13(17)18)6-3-1-2-4-7-14/h11H,1-10H2,(H,15,16)(H,17,18). The Morgan fingerprint density at radius 2 is 1.89 bits per heavy atom. The van der Waals surface area contributed by atoms with Gasteiger partial charge in [-0.1, -0.05) is 25.7 Å². The summed E-state index contributed by atoms with van der Waals surface area (Å²) in [6.07, 6.45) is 6.47. The fourth-order valence-corrected chi connectivity index (χ4v) is 4.23. The molecule has 4 nitrogen and oxygen atoms in total. The first-order valence-corrected chi connectivity index (χ1v) is 8.38. The lowest BCUT2D eigenvalue weighted by atomic mass is 9.80. The first-order valence-electron chi connectivity index (χ1n) is 7.23. The minimum absolute atomic E-state index is 0.0508. The van der Waals surface area contributed by atoms with Crippen LogP contribution in [0.1, 0.15) is 44.9 Å². The highest BCUT2D eigenvalue weighted by atomic mass is 32.2. The van der Waals surface area contributed by atoms with E-state index in [-0.39, 0.29) is 11.8 Å². The van der Waals surface area contributed by atoms with Crippen LogP contribution >= 0.6 is 11.8 Å². The summed E-state index contributed by atoms with van der Waals surface area (Å²) in [5.41, 5.74) is -0.724. The lowest BCUT2D eigenvalue weighted by Crippen LogP contribution is -2.44. The van der Waals surface area contributed by atoms with Crippen LogP contribution in [0.25, 0.3) is 0 Å². The number of aliphatic carboxylic acids is 1. The van der Waals surface area contributed by atoms with Gasteiger partial charge in [-0.15, -0.1) is 0 Å². The topological polar surface area (TPSA) is 66.4 Å². The van der Waals surface area contributed by atoms with Gasteiger partial charge in [0.1, 0.15) is 0 Å². The van der Waals surface area contributed by atoms with E-state index < -0.39 is 11.4 Å². The van der Waals surface area contributed by atoms with Gasteiger partial charge < -0.3 is 10.4 Å². The number of carboxylic acids is 1. The number of hydrogen-bond acceptors (Lipinski definition) is 3. The van der Waals surface area contributed by atoms with E-state index in [1.54, 1.807) is 11.8 Å². The largest absolute Gasteiger partial charge is 0.481 e. The van der Waals surface area contributed by atoms with Crippen LogP contribution in [0.15, 0.2) is 0 Å². The number of rotatable bonds is 4. The molecule has 0 aromatic heterocycles. The molecule has 2 N–H and O–H groups in total. The second-order valence-corrected chi connectivity index (χ2v) is 6.93. The average Bonchev–Trinajstić information content (AvgIpc) is 2.82. The molecule has 1 amide bonds. The maximum atomic E-state index is 12.0. The van der Waals surface area contributed by atoms with Crippen LogP contribution in [0.4, 0.5) is 0 Å². The molecule has 19 heavy (non-hydrogen) atoms. The zero-order chi connectivity index (χ0) is 13.7. The predicted molar refractivity (Wildman–Crippen MR) is 76.2 cm³/mol. The molecule has 0 aromatic carbocycles. The Hall–Kier alpha value is -0.710. The van der Waals surface area contributed by atoms with Gasteiger partial charge in [-0.3, -0.25) is 9.59 Å². The molecule has 2 rings (SSSR count). The number of carbonyl (C=O) groups excluding carboxylic acids is 1. The van der Waals surface area contributed by atoms with Crippen LogP contribution < -0.4 is 5.32 Å². The average molecular weight is 285 g/mol. The summed E-state index contributed by atoms with van der Waals surface area (Å²) in [4.78, 5) is 23.6. The number of carboxylic acid groups (broad SMARTS) is 1. The van der Waals surface area contributed by atoms with E-state index in [2.05, 4.69) is 5.32 Å². The fraction of sp³-hybridized carbons (Fsp3) is 0.857. The summed E-state index contributed by atoms with van der Waals surface area (Å²) < 4.78 is 0. The van der Waals surface area contributed by atoms with Crippen molar-refractivity contribution in [3.8, 4) is 0 Å². The van der Waals surface area contributed by atoms with Crippen LogP contribution in [-0.2, 0) is 9.59 Å². The molecular weight excluding hydrogens is 262 g/mol. The molecule has 1 saturated heterocycles. The SMILES string of the molecule is O=C(NCC1(C(=O)O)CCCCCC1)C1CCSC1. The van der Waals surface area contributed by atoms with Crippen LogP contribution in [-0.4, -0.2) is 35.0 Å². The highest BCUT2D eigenvalue weighted by Gasteiger charge is 2.39. The van der Waals surface area contributed by atoms with Gasteiger partial charge in [0.05, 0.1) is 5.41 Å². The molecule has 1 heterocycles. The Bertz CT molecular complexity index is 332. The molecule has 2 aliphatic rings. The molecule has 1 aliphatic heterocycles. The summed E-state index contributed by atoms with van der Waals surface area (Å²) in [5.74, 6) is 1.32. The van der Waals surface area contributed by atoms with Gasteiger partial charge in [-0.25, -0.2) is 0 Å². The Morgan fingerprint density at radius 1 is 1.21 bits per heavy atom. The van der Waals surface area contributed by atoms with Crippen LogP contribution in [0.2, 0.25) is 0 Å². The number of amides is 1. The first-order chi connectivity index (χ1) is 9.14. The van der Waals surface area contributed by atoms with Crippen LogP contribution in [0, 0.1) is 11.3 Å². The molecule has 1 atom stereocenters. The van der Waals surface area contributed by atoms with Crippen molar-refractivity contribution >= 4 is 23.6 Å². The minimum atomic E-state index is -0.740. The van der Waals surface area contributed by atoms with E-state index in [1.807, 2.05) is 0 Å². The number of nitrogens with one attached hydrogen (secondary N) is 1. The van der Waals surface area contributed by atoms with E-state index in [0.29, 0.717) is 19.4 Å². The molecule has 0 spiro atoms. The van der Waals surface area contributed by atoms with Gasteiger partial charge in [0.25, 0.3) is 0 Å². The van der Waals surface area contributed by atoms with Gasteiger partial charge in [0.2, 0.25) is 5.91 Å². The fourth-order valence-electron chi connectivity index (χ4n) is 3.01. The predicted octanol–water partition coefficient (Wildman–Crippen LogP) is 2.28. The van der Waals surface area contributed by atoms with Crippen molar-refractivity contribution in [1.29, 1.82) is 0 Å². The van der Waals surface area contributed by atoms with E-state index in [0.717, 1.165) is 43.6 Å². The molecule has 1 unspecified atom stereocenters. The van der Waals surface area contributed by atoms with Crippen LogP contribution in [0.3, 0.4) is 0 Å².